The lowest BCUT2D eigenvalue weighted by molar-refractivity contribution is 0.188. The maximum Gasteiger partial charge on any atom is 0.405 e. The maximum absolute atomic E-state index is 10.6. The highest BCUT2D eigenvalue weighted by atomic mass is 16.6. The summed E-state index contributed by atoms with van der Waals surface area (Å²) in [4.78, 5) is 10.6. The molecule has 4 nitrogen and oxygen atoms in total. The lowest BCUT2D eigenvalue weighted by Crippen LogP contribution is -2.27. The van der Waals surface area contributed by atoms with Gasteiger partial charge in [-0.15, -0.1) is 0 Å². The summed E-state index contributed by atoms with van der Waals surface area (Å²) in [6, 6.07) is 9.39. The van der Waals surface area contributed by atoms with Crippen molar-refractivity contribution >= 4 is 6.09 Å². The first kappa shape index (κ1) is 9.98. The Balaban J connectivity index is 2.06. The smallest absolute Gasteiger partial charge is 0.405 e. The van der Waals surface area contributed by atoms with Gasteiger partial charge in [-0.05, 0) is 5.56 Å². The third-order valence-electron chi connectivity index (χ3n) is 2.40. The van der Waals surface area contributed by atoms with Gasteiger partial charge in [0.25, 0.3) is 0 Å². The van der Waals surface area contributed by atoms with Gasteiger partial charge in [-0.2, -0.15) is 0 Å². The van der Waals surface area contributed by atoms with Crippen molar-refractivity contribution in [2.75, 3.05) is 6.61 Å². The van der Waals surface area contributed by atoms with Crippen LogP contribution in [0, 0.1) is 0 Å². The average molecular weight is 207 g/mol. The van der Waals surface area contributed by atoms with E-state index in [2.05, 4.69) is 5.32 Å². The number of epoxide rings is 1. The number of carbonyl (C=O) groups is 1. The van der Waals surface area contributed by atoms with Gasteiger partial charge in [0.05, 0.1) is 18.8 Å². The molecule has 1 unspecified atom stereocenters. The molecule has 0 bridgehead atoms. The van der Waals surface area contributed by atoms with Crippen LogP contribution in [0.3, 0.4) is 0 Å². The van der Waals surface area contributed by atoms with Crippen LogP contribution in [-0.4, -0.2) is 23.9 Å². The largest absolute Gasteiger partial charge is 0.465 e. The van der Waals surface area contributed by atoms with Gasteiger partial charge < -0.3 is 15.2 Å². The Labute approximate surface area is 87.9 Å². The van der Waals surface area contributed by atoms with Gasteiger partial charge in [-0.25, -0.2) is 4.79 Å². The molecule has 1 amide bonds. The zero-order valence-electron chi connectivity index (χ0n) is 8.22. The van der Waals surface area contributed by atoms with Crippen LogP contribution in [-0.2, 0) is 4.74 Å². The molecule has 2 N–H and O–H groups in total. The number of hydrogen-bond acceptors (Lipinski definition) is 2. The summed E-state index contributed by atoms with van der Waals surface area (Å²) < 4.78 is 5.11. The fourth-order valence-corrected chi connectivity index (χ4v) is 1.58. The lowest BCUT2D eigenvalue weighted by Gasteiger charge is -2.15. The third-order valence-corrected chi connectivity index (χ3v) is 2.40. The van der Waals surface area contributed by atoms with Crippen molar-refractivity contribution in [1.82, 2.24) is 5.32 Å². The molecule has 1 aromatic carbocycles. The monoisotopic (exact) mass is 207 g/mol. The van der Waals surface area contributed by atoms with Crippen molar-refractivity contribution in [3.8, 4) is 0 Å². The van der Waals surface area contributed by atoms with Crippen LogP contribution in [0.4, 0.5) is 4.79 Å². The van der Waals surface area contributed by atoms with E-state index in [1.54, 1.807) is 0 Å². The van der Waals surface area contributed by atoms with Crippen LogP contribution < -0.4 is 5.32 Å². The fourth-order valence-electron chi connectivity index (χ4n) is 1.58. The van der Waals surface area contributed by atoms with Crippen LogP contribution in [0.2, 0.25) is 0 Å². The highest BCUT2D eigenvalue weighted by molar-refractivity contribution is 5.65. The Kier molecular flexibility index (Phi) is 2.87. The zero-order chi connectivity index (χ0) is 10.7. The molecule has 15 heavy (non-hydrogen) atoms. The number of rotatable bonds is 4. The van der Waals surface area contributed by atoms with E-state index in [0.717, 1.165) is 12.2 Å². The highest BCUT2D eigenvalue weighted by Crippen LogP contribution is 2.25. The van der Waals surface area contributed by atoms with Gasteiger partial charge in [0, 0.05) is 6.42 Å². The van der Waals surface area contributed by atoms with E-state index in [0.29, 0.717) is 6.42 Å². The Hall–Kier alpha value is -1.55. The lowest BCUT2D eigenvalue weighted by atomic mass is 10.0. The second-order valence-corrected chi connectivity index (χ2v) is 3.60. The number of amides is 1. The Morgan fingerprint density at radius 2 is 2.20 bits per heavy atom. The molecule has 1 aromatic rings. The summed E-state index contributed by atoms with van der Waals surface area (Å²) in [5.41, 5.74) is 0.982. The van der Waals surface area contributed by atoms with Gasteiger partial charge in [0.1, 0.15) is 0 Å². The van der Waals surface area contributed by atoms with E-state index in [1.807, 2.05) is 30.3 Å². The number of nitrogens with one attached hydrogen (secondary N) is 1. The second-order valence-electron chi connectivity index (χ2n) is 3.60. The summed E-state index contributed by atoms with van der Waals surface area (Å²) in [5, 5.41) is 11.2. The maximum atomic E-state index is 10.6. The van der Waals surface area contributed by atoms with Crippen molar-refractivity contribution in [2.45, 2.75) is 18.6 Å². The first-order chi connectivity index (χ1) is 7.25. The number of benzene rings is 1. The minimum absolute atomic E-state index is 0.170. The van der Waals surface area contributed by atoms with E-state index in [1.165, 1.54) is 0 Å². The first-order valence-corrected chi connectivity index (χ1v) is 4.91. The number of carboxylic acid groups (broad SMARTS) is 1. The Morgan fingerprint density at radius 3 is 2.73 bits per heavy atom. The Morgan fingerprint density at radius 1 is 1.53 bits per heavy atom. The molecule has 2 atom stereocenters. The standard InChI is InChI=1S/C11H13NO3/c13-11(14)12-10(6-9-7-15-9)8-4-2-1-3-5-8/h1-5,9-10,12H,6-7H2,(H,13,14)/t9-,10?/m0/s1. The van der Waals surface area contributed by atoms with Crippen LogP contribution in [0.5, 0.6) is 0 Å². The van der Waals surface area contributed by atoms with Crippen molar-refractivity contribution in [3.05, 3.63) is 35.9 Å². The van der Waals surface area contributed by atoms with Crippen LogP contribution in [0.15, 0.2) is 30.3 Å². The molecule has 1 aliphatic heterocycles. The highest BCUT2D eigenvalue weighted by Gasteiger charge is 2.28. The predicted molar refractivity (Wildman–Crippen MR) is 54.7 cm³/mol. The summed E-state index contributed by atoms with van der Waals surface area (Å²) in [6.07, 6.45) is -0.0809. The van der Waals surface area contributed by atoms with E-state index < -0.39 is 6.09 Å². The number of hydrogen-bond donors (Lipinski definition) is 2. The van der Waals surface area contributed by atoms with Gasteiger partial charge in [0.2, 0.25) is 0 Å². The molecule has 2 rings (SSSR count). The van der Waals surface area contributed by atoms with Gasteiger partial charge in [-0.3, -0.25) is 0 Å². The van der Waals surface area contributed by atoms with Crippen LogP contribution >= 0.6 is 0 Å². The summed E-state index contributed by atoms with van der Waals surface area (Å²) in [5.74, 6) is 0. The third kappa shape index (κ3) is 2.95. The van der Waals surface area contributed by atoms with Gasteiger partial charge in [-0.1, -0.05) is 30.3 Å². The first-order valence-electron chi connectivity index (χ1n) is 4.91. The molecule has 0 saturated carbocycles. The van der Waals surface area contributed by atoms with Crippen molar-refractivity contribution in [3.63, 3.8) is 0 Å². The van der Waals surface area contributed by atoms with Crippen molar-refractivity contribution in [2.24, 2.45) is 0 Å². The van der Waals surface area contributed by atoms with E-state index in [4.69, 9.17) is 9.84 Å². The quantitative estimate of drug-likeness (QED) is 0.740. The second kappa shape index (κ2) is 4.31. The molecular weight excluding hydrogens is 194 g/mol. The molecule has 0 radical (unpaired) electrons. The average Bonchev–Trinajstić information content (AvgIpc) is 3.01. The molecule has 0 spiro atoms. The minimum Gasteiger partial charge on any atom is -0.465 e. The Bertz CT molecular complexity index is 335. The summed E-state index contributed by atoms with van der Waals surface area (Å²) in [7, 11) is 0. The van der Waals surface area contributed by atoms with E-state index >= 15 is 0 Å². The molecule has 1 fully saturated rings. The molecule has 4 heteroatoms. The fraction of sp³-hybridized carbons (Fsp3) is 0.364. The summed E-state index contributed by atoms with van der Waals surface area (Å²) >= 11 is 0. The van der Waals surface area contributed by atoms with E-state index in [-0.39, 0.29) is 12.1 Å². The molecule has 1 saturated heterocycles. The molecular formula is C11H13NO3. The summed E-state index contributed by atoms with van der Waals surface area (Å²) in [6.45, 7) is 0.741. The minimum atomic E-state index is -0.996. The normalized spacial score (nSPS) is 20.7. The van der Waals surface area contributed by atoms with Gasteiger partial charge in [0.15, 0.2) is 0 Å². The molecule has 80 valence electrons. The van der Waals surface area contributed by atoms with Crippen LogP contribution in [0.1, 0.15) is 18.0 Å². The molecule has 1 aliphatic rings. The van der Waals surface area contributed by atoms with Gasteiger partial charge >= 0.3 is 6.09 Å². The topological polar surface area (TPSA) is 61.9 Å². The SMILES string of the molecule is O=C(O)NC(C[C@H]1CO1)c1ccccc1. The van der Waals surface area contributed by atoms with E-state index in [9.17, 15) is 4.79 Å². The van der Waals surface area contributed by atoms with Crippen molar-refractivity contribution in [1.29, 1.82) is 0 Å². The molecule has 0 aromatic heterocycles. The molecule has 1 heterocycles. The number of ether oxygens (including phenoxy) is 1. The zero-order valence-corrected chi connectivity index (χ0v) is 8.22. The predicted octanol–water partition coefficient (Wildman–Crippen LogP) is 1.78. The van der Waals surface area contributed by atoms with Crippen LogP contribution in [0.25, 0.3) is 0 Å². The van der Waals surface area contributed by atoms with Crippen molar-refractivity contribution < 1.29 is 14.6 Å². The molecule has 0 aliphatic carbocycles.